The molecule has 2 aliphatic rings. The maximum atomic E-state index is 12.9. The van der Waals surface area contributed by atoms with Crippen LogP contribution in [-0.4, -0.2) is 50.6 Å². The van der Waals surface area contributed by atoms with Gasteiger partial charge in [0.2, 0.25) is 15.9 Å². The summed E-state index contributed by atoms with van der Waals surface area (Å²) in [5, 5.41) is 3.32. The van der Waals surface area contributed by atoms with Crippen LogP contribution in [0.4, 0.5) is 5.00 Å². The largest absolute Gasteiger partial charge is 0.465 e. The molecule has 1 N–H and O–H groups in total. The van der Waals surface area contributed by atoms with Crippen molar-refractivity contribution in [1.82, 2.24) is 4.31 Å². The van der Waals surface area contributed by atoms with Crippen LogP contribution >= 0.6 is 11.3 Å². The van der Waals surface area contributed by atoms with Gasteiger partial charge in [0.05, 0.1) is 18.9 Å². The van der Waals surface area contributed by atoms with Gasteiger partial charge in [0.15, 0.2) is 0 Å². The zero-order valence-electron chi connectivity index (χ0n) is 15.9. The molecule has 1 aromatic heterocycles. The maximum absolute atomic E-state index is 12.9. The molecule has 0 aromatic carbocycles. The van der Waals surface area contributed by atoms with Crippen LogP contribution < -0.4 is 5.32 Å². The van der Waals surface area contributed by atoms with Crippen LogP contribution in [0.2, 0.25) is 0 Å². The minimum atomic E-state index is -3.47. The fourth-order valence-corrected chi connectivity index (χ4v) is 6.44. The number of anilines is 1. The molecule has 1 fully saturated rings. The number of hydrogen-bond acceptors (Lipinski definition) is 6. The van der Waals surface area contributed by atoms with E-state index in [9.17, 15) is 18.0 Å². The standard InChI is InChI=1S/C18H26N2O5S2/c1-11-7-8-12-14(10-11)26-17(15(12)18(22)25-2)19-16(21)13-6-4-5-9-20(13)27(3,23)24/h11,13H,4-10H2,1-3H3,(H,19,21)/t11-,13+/m1/s1. The molecule has 9 heteroatoms. The number of carbonyl (C=O) groups excluding carboxylic acids is 2. The van der Waals surface area contributed by atoms with E-state index in [2.05, 4.69) is 12.2 Å². The van der Waals surface area contributed by atoms with Crippen molar-refractivity contribution >= 4 is 38.2 Å². The van der Waals surface area contributed by atoms with E-state index in [-0.39, 0.29) is 5.91 Å². The third kappa shape index (κ3) is 4.20. The maximum Gasteiger partial charge on any atom is 0.341 e. The number of piperidine rings is 1. The molecule has 1 aromatic rings. The number of nitrogens with zero attached hydrogens (tertiary/aromatic N) is 1. The Balaban J connectivity index is 1.90. The highest BCUT2D eigenvalue weighted by Gasteiger charge is 2.36. The van der Waals surface area contributed by atoms with Crippen molar-refractivity contribution in [3.63, 3.8) is 0 Å². The molecule has 3 rings (SSSR count). The summed E-state index contributed by atoms with van der Waals surface area (Å²) in [7, 11) is -2.14. The Hall–Kier alpha value is -1.45. The molecule has 0 bridgehead atoms. The molecular formula is C18H26N2O5S2. The highest BCUT2D eigenvalue weighted by Crippen LogP contribution is 2.40. The summed E-state index contributed by atoms with van der Waals surface area (Å²) in [5.41, 5.74) is 1.39. The lowest BCUT2D eigenvalue weighted by atomic mass is 9.88. The number of amides is 1. The van der Waals surface area contributed by atoms with E-state index in [0.29, 0.717) is 29.4 Å². The summed E-state index contributed by atoms with van der Waals surface area (Å²) in [4.78, 5) is 26.4. The molecule has 0 unspecified atom stereocenters. The van der Waals surface area contributed by atoms with Gasteiger partial charge >= 0.3 is 5.97 Å². The summed E-state index contributed by atoms with van der Waals surface area (Å²) >= 11 is 1.41. The first-order chi connectivity index (χ1) is 12.7. The van der Waals surface area contributed by atoms with Crippen LogP contribution in [0.5, 0.6) is 0 Å². The van der Waals surface area contributed by atoms with Gasteiger partial charge in [-0.1, -0.05) is 13.3 Å². The molecule has 7 nitrogen and oxygen atoms in total. The van der Waals surface area contributed by atoms with Gasteiger partial charge in [0.1, 0.15) is 11.0 Å². The fraction of sp³-hybridized carbons (Fsp3) is 0.667. The lowest BCUT2D eigenvalue weighted by Crippen LogP contribution is -2.49. The molecule has 1 saturated heterocycles. The Morgan fingerprint density at radius 3 is 2.67 bits per heavy atom. The van der Waals surface area contributed by atoms with E-state index < -0.39 is 22.0 Å². The van der Waals surface area contributed by atoms with Crippen LogP contribution in [0.25, 0.3) is 0 Å². The summed E-state index contributed by atoms with van der Waals surface area (Å²) in [5.74, 6) is -0.304. The number of thiophene rings is 1. The average molecular weight is 415 g/mol. The second-order valence-corrected chi connectivity index (χ2v) is 10.5. The third-order valence-electron chi connectivity index (χ3n) is 5.32. The smallest absolute Gasteiger partial charge is 0.341 e. The summed E-state index contributed by atoms with van der Waals surface area (Å²) in [6, 6.07) is -0.739. The molecule has 150 valence electrons. The molecule has 2 heterocycles. The minimum Gasteiger partial charge on any atom is -0.465 e. The quantitative estimate of drug-likeness (QED) is 0.764. The van der Waals surface area contributed by atoms with Crippen molar-refractivity contribution in [3.8, 4) is 0 Å². The predicted molar refractivity (Wildman–Crippen MR) is 105 cm³/mol. The Labute approximate surface area is 164 Å². The van der Waals surface area contributed by atoms with E-state index in [1.165, 1.54) is 22.8 Å². The van der Waals surface area contributed by atoms with Crippen molar-refractivity contribution < 1.29 is 22.7 Å². The zero-order chi connectivity index (χ0) is 19.8. The highest BCUT2D eigenvalue weighted by molar-refractivity contribution is 7.88. The zero-order valence-corrected chi connectivity index (χ0v) is 17.5. The third-order valence-corrected chi connectivity index (χ3v) is 7.78. The Morgan fingerprint density at radius 2 is 2.00 bits per heavy atom. The minimum absolute atomic E-state index is 0.346. The molecule has 1 aliphatic heterocycles. The van der Waals surface area contributed by atoms with E-state index in [4.69, 9.17) is 4.74 Å². The van der Waals surface area contributed by atoms with Crippen molar-refractivity contribution in [1.29, 1.82) is 0 Å². The molecule has 1 amide bonds. The van der Waals surface area contributed by atoms with Gasteiger partial charge in [-0.3, -0.25) is 4.79 Å². The summed E-state index contributed by atoms with van der Waals surface area (Å²) in [6.45, 7) is 2.52. The van der Waals surface area contributed by atoms with Crippen LogP contribution in [0.15, 0.2) is 0 Å². The number of rotatable bonds is 4. The normalized spacial score (nSPS) is 23.5. The SMILES string of the molecule is COC(=O)c1c(NC(=O)[C@@H]2CCCCN2S(C)(=O)=O)sc2c1CC[C@@H](C)C2. The first-order valence-corrected chi connectivity index (χ1v) is 11.9. The molecule has 0 radical (unpaired) electrons. The first-order valence-electron chi connectivity index (χ1n) is 9.23. The lowest BCUT2D eigenvalue weighted by Gasteiger charge is -2.32. The number of fused-ring (bicyclic) bond motifs is 1. The van der Waals surface area contributed by atoms with E-state index in [1.54, 1.807) is 0 Å². The van der Waals surface area contributed by atoms with Crippen LogP contribution in [0.3, 0.4) is 0 Å². The van der Waals surface area contributed by atoms with Gasteiger partial charge < -0.3 is 10.1 Å². The molecule has 27 heavy (non-hydrogen) atoms. The van der Waals surface area contributed by atoms with Crippen molar-refractivity contribution in [2.24, 2.45) is 5.92 Å². The van der Waals surface area contributed by atoms with Crippen LogP contribution in [0.1, 0.15) is 53.4 Å². The number of hydrogen-bond donors (Lipinski definition) is 1. The van der Waals surface area contributed by atoms with E-state index >= 15 is 0 Å². The van der Waals surface area contributed by atoms with E-state index in [0.717, 1.165) is 48.8 Å². The van der Waals surface area contributed by atoms with Crippen molar-refractivity contribution in [2.45, 2.75) is 51.5 Å². The number of sulfonamides is 1. The first kappa shape index (κ1) is 20.3. The highest BCUT2D eigenvalue weighted by atomic mass is 32.2. The number of ether oxygens (including phenoxy) is 1. The average Bonchev–Trinajstić information content (AvgIpc) is 2.97. The predicted octanol–water partition coefficient (Wildman–Crippen LogP) is 2.41. The number of carbonyl (C=O) groups is 2. The molecule has 0 spiro atoms. The van der Waals surface area contributed by atoms with Gasteiger partial charge in [0.25, 0.3) is 0 Å². The van der Waals surface area contributed by atoms with Crippen molar-refractivity contribution in [2.75, 3.05) is 25.2 Å². The second-order valence-electron chi connectivity index (χ2n) is 7.42. The van der Waals surface area contributed by atoms with Crippen LogP contribution in [0, 0.1) is 5.92 Å². The fourth-order valence-electron chi connectivity index (χ4n) is 3.92. The molecule has 1 aliphatic carbocycles. The van der Waals surface area contributed by atoms with E-state index in [1.807, 2.05) is 0 Å². The topological polar surface area (TPSA) is 92.8 Å². The Morgan fingerprint density at radius 1 is 1.26 bits per heavy atom. The monoisotopic (exact) mass is 414 g/mol. The molecular weight excluding hydrogens is 388 g/mol. The summed E-state index contributed by atoms with van der Waals surface area (Å²) in [6.07, 6.45) is 5.80. The Bertz CT molecular complexity index is 846. The van der Waals surface area contributed by atoms with Gasteiger partial charge in [0, 0.05) is 11.4 Å². The number of esters is 1. The van der Waals surface area contributed by atoms with Crippen molar-refractivity contribution in [3.05, 3.63) is 16.0 Å². The summed E-state index contributed by atoms with van der Waals surface area (Å²) < 4.78 is 30.3. The number of methoxy groups -OCH3 is 1. The van der Waals surface area contributed by atoms with Gasteiger partial charge in [-0.05, 0) is 43.6 Å². The van der Waals surface area contributed by atoms with Gasteiger partial charge in [-0.2, -0.15) is 4.31 Å². The Kier molecular flexibility index (Phi) is 5.93. The number of nitrogens with one attached hydrogen (secondary N) is 1. The second kappa shape index (κ2) is 7.89. The van der Waals surface area contributed by atoms with Crippen LogP contribution in [-0.2, 0) is 32.4 Å². The van der Waals surface area contributed by atoms with Gasteiger partial charge in [-0.25, -0.2) is 13.2 Å². The van der Waals surface area contributed by atoms with Gasteiger partial charge in [-0.15, -0.1) is 11.3 Å². The molecule has 0 saturated carbocycles. The lowest BCUT2D eigenvalue weighted by molar-refractivity contribution is -0.120. The molecule has 2 atom stereocenters.